The van der Waals surface area contributed by atoms with E-state index >= 15 is 4.39 Å². The van der Waals surface area contributed by atoms with E-state index in [1.54, 1.807) is 0 Å². The number of rotatable bonds is 5. The van der Waals surface area contributed by atoms with Crippen LogP contribution in [-0.4, -0.2) is 102 Å². The van der Waals surface area contributed by atoms with Gasteiger partial charge in [0, 0.05) is 38.3 Å². The Kier molecular flexibility index (Phi) is 7.12. The lowest BCUT2D eigenvalue weighted by Crippen LogP contribution is -2.73. The normalized spacial score (nSPS) is 39.6. The third kappa shape index (κ3) is 4.51. The molecule has 7 unspecified atom stereocenters. The number of likely N-dealkylation sites (tertiary alicyclic amines) is 2. The van der Waals surface area contributed by atoms with Gasteiger partial charge in [-0.25, -0.2) is 4.39 Å². The highest BCUT2D eigenvalue weighted by atomic mass is 19.1. The topological polar surface area (TPSA) is 65.1 Å². The summed E-state index contributed by atoms with van der Waals surface area (Å²) >= 11 is 0. The van der Waals surface area contributed by atoms with Crippen molar-refractivity contribution in [2.45, 2.75) is 101 Å². The van der Waals surface area contributed by atoms with Crippen LogP contribution in [0.1, 0.15) is 64.7 Å². The van der Waals surface area contributed by atoms with Crippen LogP contribution in [-0.2, 0) is 14.3 Å². The Bertz CT molecular complexity index is 869. The Morgan fingerprint density at radius 1 is 1.08 bits per heavy atom. The number of nitrogens with zero attached hydrogens (tertiary/aromatic N) is 3. The van der Waals surface area contributed by atoms with Crippen molar-refractivity contribution < 1.29 is 18.7 Å². The molecule has 0 radical (unpaired) electrons. The number of halogens is 1. The third-order valence-electron chi connectivity index (χ3n) is 9.89. The van der Waals surface area contributed by atoms with Gasteiger partial charge in [0.2, 0.25) is 0 Å². The summed E-state index contributed by atoms with van der Waals surface area (Å²) in [7, 11) is 0. The molecule has 4 aliphatic heterocycles. The predicted molar refractivity (Wildman–Crippen MR) is 135 cm³/mol. The average molecular weight is 503 g/mol. The van der Waals surface area contributed by atoms with Crippen LogP contribution < -0.4 is 5.32 Å². The molecule has 3 saturated heterocycles. The Balaban J connectivity index is 1.25. The summed E-state index contributed by atoms with van der Waals surface area (Å²) in [6.45, 7) is 7.52. The minimum atomic E-state index is -1.16. The summed E-state index contributed by atoms with van der Waals surface area (Å²) < 4.78 is 22.5. The van der Waals surface area contributed by atoms with E-state index in [2.05, 4.69) is 22.0 Å². The molecule has 1 amide bonds. The highest BCUT2D eigenvalue weighted by molar-refractivity contribution is 6.20. The van der Waals surface area contributed by atoms with Gasteiger partial charge in [0.15, 0.2) is 5.78 Å². The maximum absolute atomic E-state index is 15.8. The second kappa shape index (κ2) is 10.3. The lowest BCUT2D eigenvalue weighted by molar-refractivity contribution is -0.197. The number of morpholine rings is 1. The molecule has 8 heteroatoms. The van der Waals surface area contributed by atoms with Gasteiger partial charge in [-0.15, -0.1) is 0 Å². The SMILES string of the molecule is CC1CCN(C(=O)C2=CN3C4CCCCC4OC4C(NCCN5CCCC5)C(F)CC(C2=O)C43)CC1. The van der Waals surface area contributed by atoms with Crippen LogP contribution in [0.25, 0.3) is 0 Å². The maximum Gasteiger partial charge on any atom is 0.258 e. The van der Waals surface area contributed by atoms with Crippen LogP contribution in [0.3, 0.4) is 0 Å². The Morgan fingerprint density at radius 2 is 1.83 bits per heavy atom. The first kappa shape index (κ1) is 24.8. The zero-order valence-corrected chi connectivity index (χ0v) is 21.7. The van der Waals surface area contributed by atoms with E-state index in [-0.39, 0.29) is 48.0 Å². The number of carbonyl (C=O) groups is 2. The average Bonchev–Trinajstić information content (AvgIpc) is 3.41. The van der Waals surface area contributed by atoms with Crippen molar-refractivity contribution in [2.24, 2.45) is 11.8 Å². The van der Waals surface area contributed by atoms with Gasteiger partial charge in [-0.3, -0.25) is 9.59 Å². The molecule has 7 nitrogen and oxygen atoms in total. The number of hydrogen-bond donors (Lipinski definition) is 1. The first-order chi connectivity index (χ1) is 17.5. The van der Waals surface area contributed by atoms with Crippen LogP contribution in [0.4, 0.5) is 4.39 Å². The largest absolute Gasteiger partial charge is 0.369 e. The number of fused-ring (bicyclic) bond motifs is 2. The molecule has 7 atom stereocenters. The maximum atomic E-state index is 15.8. The minimum Gasteiger partial charge on any atom is -0.369 e. The highest BCUT2D eigenvalue weighted by Crippen LogP contribution is 2.45. The number of hydrogen-bond acceptors (Lipinski definition) is 6. The van der Waals surface area contributed by atoms with Crippen LogP contribution >= 0.6 is 0 Å². The van der Waals surface area contributed by atoms with E-state index in [1.165, 1.54) is 12.8 Å². The van der Waals surface area contributed by atoms with E-state index in [4.69, 9.17) is 4.74 Å². The molecule has 1 N–H and O–H groups in total. The lowest BCUT2D eigenvalue weighted by Gasteiger charge is -2.59. The monoisotopic (exact) mass is 502 g/mol. The standard InChI is InChI=1S/C28H43FN4O3/c1-18-8-13-32(14-9-18)28(35)20-17-33-22-6-2-3-7-23(22)36-27-24(30-10-15-31-11-4-5-12-31)21(29)16-19(25(27)33)26(20)34/h17-19,21-25,27,30H,2-16H2,1H3. The predicted octanol–water partition coefficient (Wildman–Crippen LogP) is 2.50. The second-order valence-electron chi connectivity index (χ2n) is 12.2. The van der Waals surface area contributed by atoms with Gasteiger partial charge < -0.3 is 24.8 Å². The molecule has 0 aromatic rings. The number of amides is 1. The van der Waals surface area contributed by atoms with Gasteiger partial charge in [-0.2, -0.15) is 0 Å². The molecule has 4 heterocycles. The van der Waals surface area contributed by atoms with Crippen molar-refractivity contribution in [2.75, 3.05) is 39.3 Å². The molecule has 6 rings (SSSR count). The second-order valence-corrected chi connectivity index (χ2v) is 12.2. The quantitative estimate of drug-likeness (QED) is 0.583. The molecule has 2 aliphatic carbocycles. The Labute approximate surface area is 214 Å². The molecule has 36 heavy (non-hydrogen) atoms. The van der Waals surface area contributed by atoms with Crippen LogP contribution in [0.5, 0.6) is 0 Å². The van der Waals surface area contributed by atoms with E-state index in [0.29, 0.717) is 19.0 Å². The number of Topliss-reactive ketones (excluding diaryl/α,β-unsaturated/α-hetero) is 1. The molecule has 6 aliphatic rings. The molecule has 5 fully saturated rings. The summed E-state index contributed by atoms with van der Waals surface area (Å²) in [5, 5.41) is 3.51. The number of piperidine rings is 1. The lowest BCUT2D eigenvalue weighted by atomic mass is 9.69. The highest BCUT2D eigenvalue weighted by Gasteiger charge is 2.58. The molecule has 0 bridgehead atoms. The summed E-state index contributed by atoms with van der Waals surface area (Å²) in [5.74, 6) is -0.224. The van der Waals surface area contributed by atoms with Crippen LogP contribution in [0, 0.1) is 11.8 Å². The van der Waals surface area contributed by atoms with Crippen LogP contribution in [0.2, 0.25) is 0 Å². The van der Waals surface area contributed by atoms with Crippen molar-refractivity contribution in [3.8, 4) is 0 Å². The molecule has 200 valence electrons. The number of nitrogens with one attached hydrogen (secondary N) is 1. The van der Waals surface area contributed by atoms with Crippen molar-refractivity contribution in [1.29, 1.82) is 0 Å². The first-order valence-corrected chi connectivity index (χ1v) is 14.6. The zero-order valence-electron chi connectivity index (χ0n) is 21.7. The van der Waals surface area contributed by atoms with Crippen molar-refractivity contribution in [3.63, 3.8) is 0 Å². The minimum absolute atomic E-state index is 0.0328. The Morgan fingerprint density at radius 3 is 2.61 bits per heavy atom. The molecule has 0 aromatic heterocycles. The van der Waals surface area contributed by atoms with Gasteiger partial charge in [-0.1, -0.05) is 19.8 Å². The fraction of sp³-hybridized carbons (Fsp3) is 0.857. The van der Waals surface area contributed by atoms with Gasteiger partial charge in [0.05, 0.1) is 35.9 Å². The number of carbonyl (C=O) groups excluding carboxylic acids is 2. The van der Waals surface area contributed by atoms with Crippen molar-refractivity contribution in [1.82, 2.24) is 20.0 Å². The third-order valence-corrected chi connectivity index (χ3v) is 9.89. The van der Waals surface area contributed by atoms with E-state index in [0.717, 1.165) is 64.7 Å². The van der Waals surface area contributed by atoms with E-state index in [9.17, 15) is 9.59 Å². The van der Waals surface area contributed by atoms with Gasteiger partial charge >= 0.3 is 0 Å². The van der Waals surface area contributed by atoms with Crippen molar-refractivity contribution >= 4 is 11.7 Å². The fourth-order valence-corrected chi connectivity index (χ4v) is 7.76. The van der Waals surface area contributed by atoms with E-state index < -0.39 is 18.1 Å². The van der Waals surface area contributed by atoms with Gasteiger partial charge in [0.1, 0.15) is 6.17 Å². The number of ether oxygens (including phenoxy) is 1. The smallest absolute Gasteiger partial charge is 0.258 e. The molecule has 0 aromatic carbocycles. The van der Waals surface area contributed by atoms with Crippen molar-refractivity contribution in [3.05, 3.63) is 11.8 Å². The van der Waals surface area contributed by atoms with Gasteiger partial charge in [-0.05, 0) is 64.0 Å². The molecule has 2 saturated carbocycles. The number of alkyl halides is 1. The Hall–Kier alpha value is -1.51. The summed E-state index contributed by atoms with van der Waals surface area (Å²) in [6.07, 6.45) is 9.18. The molecular weight excluding hydrogens is 459 g/mol. The summed E-state index contributed by atoms with van der Waals surface area (Å²) in [6, 6.07) is -0.437. The zero-order chi connectivity index (χ0) is 24.8. The summed E-state index contributed by atoms with van der Waals surface area (Å²) in [5.41, 5.74) is 0.281. The van der Waals surface area contributed by atoms with E-state index in [1.807, 2.05) is 11.1 Å². The van der Waals surface area contributed by atoms with Crippen LogP contribution in [0.15, 0.2) is 11.8 Å². The molecule has 0 spiro atoms. The summed E-state index contributed by atoms with van der Waals surface area (Å²) in [4.78, 5) is 33.9. The molecular formula is C28H43FN4O3. The van der Waals surface area contributed by atoms with Gasteiger partial charge in [0.25, 0.3) is 5.91 Å². The first-order valence-electron chi connectivity index (χ1n) is 14.6. The fourth-order valence-electron chi connectivity index (χ4n) is 7.76. The number of ketones is 1.